The molecule has 3 rings (SSSR count). The minimum Gasteiger partial charge on any atom is -0.496 e. The highest BCUT2D eigenvalue weighted by atomic mass is 79.9. The first-order chi connectivity index (χ1) is 13.0. The van der Waals surface area contributed by atoms with E-state index in [-0.39, 0.29) is 5.82 Å². The minimum atomic E-state index is -0.606. The highest BCUT2D eigenvalue weighted by molar-refractivity contribution is 9.10. The van der Waals surface area contributed by atoms with E-state index in [1.54, 1.807) is 19.2 Å². The van der Waals surface area contributed by atoms with Crippen LogP contribution in [0.4, 0.5) is 10.1 Å². The van der Waals surface area contributed by atoms with Crippen LogP contribution in [0.1, 0.15) is 17.2 Å². The zero-order chi connectivity index (χ0) is 19.4. The van der Waals surface area contributed by atoms with Gasteiger partial charge in [-0.1, -0.05) is 6.07 Å². The van der Waals surface area contributed by atoms with Crippen LogP contribution in [-0.4, -0.2) is 49.8 Å². The lowest BCUT2D eigenvalue weighted by atomic mass is 10.1. The van der Waals surface area contributed by atoms with E-state index >= 15 is 0 Å². The molecule has 0 spiro atoms. The molecule has 1 aliphatic rings. The Bertz CT molecular complexity index is 848. The number of ether oxygens (including phenoxy) is 1. The van der Waals surface area contributed by atoms with Crippen molar-refractivity contribution < 1.29 is 14.2 Å². The van der Waals surface area contributed by atoms with Gasteiger partial charge in [0.1, 0.15) is 11.6 Å². The largest absolute Gasteiger partial charge is 0.496 e. The van der Waals surface area contributed by atoms with Crippen LogP contribution in [0.2, 0.25) is 0 Å². The average molecular weight is 434 g/mol. The summed E-state index contributed by atoms with van der Waals surface area (Å²) in [4.78, 5) is 4.14. The third-order valence-electron chi connectivity index (χ3n) is 4.78. The Labute approximate surface area is 166 Å². The number of nitriles is 1. The zero-order valence-electron chi connectivity index (χ0n) is 15.0. The number of hydrogen-bond donors (Lipinski definition) is 1. The van der Waals surface area contributed by atoms with Crippen LogP contribution in [0.25, 0.3) is 0 Å². The Morgan fingerprint density at radius 3 is 2.56 bits per heavy atom. The molecule has 27 heavy (non-hydrogen) atoms. The van der Waals surface area contributed by atoms with Crippen molar-refractivity contribution >= 4 is 21.6 Å². The molecule has 1 atom stereocenters. The zero-order valence-corrected chi connectivity index (χ0v) is 16.6. The van der Waals surface area contributed by atoms with Crippen molar-refractivity contribution in [1.29, 1.82) is 5.26 Å². The summed E-state index contributed by atoms with van der Waals surface area (Å²) in [6.45, 7) is 3.31. The number of aliphatic hydroxyl groups is 1. The van der Waals surface area contributed by atoms with Gasteiger partial charge in [0.05, 0.1) is 35.0 Å². The quantitative estimate of drug-likeness (QED) is 0.783. The van der Waals surface area contributed by atoms with E-state index in [0.29, 0.717) is 30.9 Å². The predicted molar refractivity (Wildman–Crippen MR) is 105 cm³/mol. The maximum atomic E-state index is 14.2. The first-order valence-electron chi connectivity index (χ1n) is 8.70. The molecule has 5 nitrogen and oxygen atoms in total. The van der Waals surface area contributed by atoms with Crippen LogP contribution in [-0.2, 0) is 0 Å². The molecule has 0 radical (unpaired) electrons. The molecular formula is C20H21BrFN3O2. The first kappa shape index (κ1) is 19.6. The third-order valence-corrected chi connectivity index (χ3v) is 5.40. The topological polar surface area (TPSA) is 59.7 Å². The van der Waals surface area contributed by atoms with Crippen LogP contribution in [0.3, 0.4) is 0 Å². The van der Waals surface area contributed by atoms with Gasteiger partial charge in [0, 0.05) is 32.7 Å². The van der Waals surface area contributed by atoms with E-state index in [1.165, 1.54) is 6.07 Å². The van der Waals surface area contributed by atoms with Crippen LogP contribution < -0.4 is 9.64 Å². The molecule has 2 aromatic carbocycles. The van der Waals surface area contributed by atoms with Gasteiger partial charge < -0.3 is 14.7 Å². The van der Waals surface area contributed by atoms with Gasteiger partial charge >= 0.3 is 0 Å². The summed E-state index contributed by atoms with van der Waals surface area (Å²) >= 11 is 3.44. The SMILES string of the molecule is COc1ccc(C(O)CN2CCN(c3ccc(C#N)cc3F)CC2)cc1Br. The Morgan fingerprint density at radius 1 is 1.22 bits per heavy atom. The number of aliphatic hydroxyl groups excluding tert-OH is 1. The van der Waals surface area contributed by atoms with Gasteiger partial charge in [-0.05, 0) is 51.8 Å². The van der Waals surface area contributed by atoms with Gasteiger partial charge in [-0.25, -0.2) is 4.39 Å². The normalized spacial score (nSPS) is 16.0. The molecule has 1 unspecified atom stereocenters. The Morgan fingerprint density at radius 2 is 1.96 bits per heavy atom. The molecule has 0 aromatic heterocycles. The number of halogens is 2. The lowest BCUT2D eigenvalue weighted by Crippen LogP contribution is -2.47. The fraction of sp³-hybridized carbons (Fsp3) is 0.350. The summed E-state index contributed by atoms with van der Waals surface area (Å²) < 4.78 is 20.2. The van der Waals surface area contributed by atoms with E-state index in [0.717, 1.165) is 28.9 Å². The summed E-state index contributed by atoms with van der Waals surface area (Å²) in [6.07, 6.45) is -0.606. The molecule has 1 saturated heterocycles. The van der Waals surface area contributed by atoms with Gasteiger partial charge in [-0.15, -0.1) is 0 Å². The molecule has 0 amide bonds. The van der Waals surface area contributed by atoms with Crippen LogP contribution in [0, 0.1) is 17.1 Å². The smallest absolute Gasteiger partial charge is 0.147 e. The van der Waals surface area contributed by atoms with Gasteiger partial charge in [-0.2, -0.15) is 5.26 Å². The van der Waals surface area contributed by atoms with Crippen molar-refractivity contribution in [2.75, 3.05) is 44.7 Å². The second kappa shape index (κ2) is 8.70. The highest BCUT2D eigenvalue weighted by Gasteiger charge is 2.22. The van der Waals surface area contributed by atoms with Crippen molar-refractivity contribution in [3.05, 3.63) is 57.8 Å². The molecule has 0 aliphatic carbocycles. The van der Waals surface area contributed by atoms with E-state index in [4.69, 9.17) is 10.00 Å². The van der Waals surface area contributed by atoms with Gasteiger partial charge in [0.15, 0.2) is 0 Å². The van der Waals surface area contributed by atoms with Crippen LogP contribution in [0.5, 0.6) is 5.75 Å². The first-order valence-corrected chi connectivity index (χ1v) is 9.49. The lowest BCUT2D eigenvalue weighted by Gasteiger charge is -2.37. The van der Waals surface area contributed by atoms with E-state index < -0.39 is 6.10 Å². The van der Waals surface area contributed by atoms with Crippen molar-refractivity contribution in [3.63, 3.8) is 0 Å². The lowest BCUT2D eigenvalue weighted by molar-refractivity contribution is 0.109. The van der Waals surface area contributed by atoms with Gasteiger partial charge in [0.2, 0.25) is 0 Å². The number of methoxy groups -OCH3 is 1. The number of hydrogen-bond acceptors (Lipinski definition) is 5. The Balaban J connectivity index is 1.58. The summed E-state index contributed by atoms with van der Waals surface area (Å²) in [5.41, 5.74) is 1.67. The summed E-state index contributed by atoms with van der Waals surface area (Å²) in [6, 6.07) is 12.1. The molecular weight excluding hydrogens is 413 g/mol. The predicted octanol–water partition coefficient (Wildman–Crippen LogP) is 3.32. The number of nitrogens with zero attached hydrogens (tertiary/aromatic N) is 3. The average Bonchev–Trinajstić information content (AvgIpc) is 2.68. The molecule has 1 heterocycles. The second-order valence-corrected chi connectivity index (χ2v) is 7.33. The van der Waals surface area contributed by atoms with E-state index in [1.807, 2.05) is 29.2 Å². The van der Waals surface area contributed by atoms with Crippen molar-refractivity contribution in [2.24, 2.45) is 0 Å². The van der Waals surface area contributed by atoms with Crippen molar-refractivity contribution in [2.45, 2.75) is 6.10 Å². The molecule has 2 aromatic rings. The molecule has 0 saturated carbocycles. The maximum Gasteiger partial charge on any atom is 0.147 e. The fourth-order valence-corrected chi connectivity index (χ4v) is 3.80. The van der Waals surface area contributed by atoms with Gasteiger partial charge in [0.25, 0.3) is 0 Å². The number of anilines is 1. The van der Waals surface area contributed by atoms with Crippen molar-refractivity contribution in [3.8, 4) is 11.8 Å². The molecule has 7 heteroatoms. The Kier molecular flexibility index (Phi) is 6.32. The number of benzene rings is 2. The van der Waals surface area contributed by atoms with Crippen LogP contribution >= 0.6 is 15.9 Å². The summed E-state index contributed by atoms with van der Waals surface area (Å²) in [7, 11) is 1.60. The summed E-state index contributed by atoms with van der Waals surface area (Å²) in [5.74, 6) is 0.356. The van der Waals surface area contributed by atoms with E-state index in [2.05, 4.69) is 20.8 Å². The minimum absolute atomic E-state index is 0.323. The number of piperazine rings is 1. The number of β-amino-alcohol motifs (C(OH)–C–C–N with tert-alkyl or cyclic N) is 1. The molecule has 1 N–H and O–H groups in total. The molecule has 1 aliphatic heterocycles. The monoisotopic (exact) mass is 433 g/mol. The fourth-order valence-electron chi connectivity index (χ4n) is 3.24. The molecule has 1 fully saturated rings. The van der Waals surface area contributed by atoms with Gasteiger partial charge in [-0.3, -0.25) is 4.90 Å². The number of rotatable bonds is 5. The van der Waals surface area contributed by atoms with E-state index in [9.17, 15) is 9.50 Å². The van der Waals surface area contributed by atoms with Crippen molar-refractivity contribution in [1.82, 2.24) is 4.90 Å². The highest BCUT2D eigenvalue weighted by Crippen LogP contribution is 2.29. The summed E-state index contributed by atoms with van der Waals surface area (Å²) in [5, 5.41) is 19.4. The molecule has 0 bridgehead atoms. The third kappa shape index (κ3) is 4.59. The second-order valence-electron chi connectivity index (χ2n) is 6.48. The standard InChI is InChI=1S/C20H21BrFN3O2/c1-27-20-5-3-15(11-16(20)21)19(26)13-24-6-8-25(9-7-24)18-4-2-14(12-23)10-17(18)22/h2-5,10-11,19,26H,6-9,13H2,1H3. The van der Waals surface area contributed by atoms with Crippen LogP contribution in [0.15, 0.2) is 40.9 Å². The Hall–Kier alpha value is -2.14. The molecule has 142 valence electrons. The maximum absolute atomic E-state index is 14.2.